The van der Waals surface area contributed by atoms with E-state index in [1.165, 1.54) is 22.3 Å². The van der Waals surface area contributed by atoms with Crippen LogP contribution >= 0.6 is 0 Å². The van der Waals surface area contributed by atoms with E-state index >= 15 is 0 Å². The second-order valence-electron chi connectivity index (χ2n) is 7.61. The molecular formula is C22H25NO2. The molecular weight excluding hydrogens is 310 g/mol. The Labute approximate surface area is 149 Å². The Morgan fingerprint density at radius 2 is 1.48 bits per heavy atom. The quantitative estimate of drug-likeness (QED) is 0.897. The number of ether oxygens (including phenoxy) is 2. The molecule has 3 heteroatoms. The van der Waals surface area contributed by atoms with Crippen molar-refractivity contribution >= 4 is 0 Å². The Balaban J connectivity index is 1.42. The molecule has 1 atom stereocenters. The molecule has 1 N–H and O–H groups in total. The van der Waals surface area contributed by atoms with Gasteiger partial charge >= 0.3 is 0 Å². The monoisotopic (exact) mass is 335 g/mol. The molecule has 0 aromatic heterocycles. The van der Waals surface area contributed by atoms with Gasteiger partial charge in [0.25, 0.3) is 0 Å². The van der Waals surface area contributed by atoms with E-state index < -0.39 is 0 Å². The van der Waals surface area contributed by atoms with Crippen molar-refractivity contribution in [1.29, 1.82) is 0 Å². The van der Waals surface area contributed by atoms with Crippen LogP contribution < -0.4 is 5.32 Å². The van der Waals surface area contributed by atoms with Crippen molar-refractivity contribution in [1.82, 2.24) is 5.32 Å². The molecule has 2 aliphatic heterocycles. The average Bonchev–Trinajstić information content (AvgIpc) is 2.97. The van der Waals surface area contributed by atoms with Crippen LogP contribution in [0.2, 0.25) is 0 Å². The van der Waals surface area contributed by atoms with Crippen LogP contribution in [0.15, 0.2) is 48.5 Å². The predicted octanol–water partition coefficient (Wildman–Crippen LogP) is 4.07. The van der Waals surface area contributed by atoms with Crippen LogP contribution in [-0.4, -0.2) is 31.5 Å². The van der Waals surface area contributed by atoms with E-state index in [2.05, 4.69) is 53.8 Å². The lowest BCUT2D eigenvalue weighted by Crippen LogP contribution is -2.50. The highest BCUT2D eigenvalue weighted by atomic mass is 16.5. The lowest BCUT2D eigenvalue weighted by molar-refractivity contribution is -0.140. The molecule has 5 rings (SSSR count). The van der Waals surface area contributed by atoms with Crippen molar-refractivity contribution in [3.63, 3.8) is 0 Å². The first-order valence-electron chi connectivity index (χ1n) is 9.51. The Morgan fingerprint density at radius 1 is 0.840 bits per heavy atom. The number of hydrogen-bond acceptors (Lipinski definition) is 3. The summed E-state index contributed by atoms with van der Waals surface area (Å²) in [6, 6.07) is 18.4. The second kappa shape index (κ2) is 6.24. The standard InChI is InChI=1S/C22H25NO2/c1-3-7-19-17(5-1)18-6-2-4-8-20(18)21(19)23-16-9-12-25-22(15-16)10-13-24-14-11-22/h1-8,16,21,23H,9-15H2. The minimum absolute atomic E-state index is 0.0335. The van der Waals surface area contributed by atoms with Crippen molar-refractivity contribution in [2.75, 3.05) is 19.8 Å². The molecule has 2 aromatic carbocycles. The zero-order valence-corrected chi connectivity index (χ0v) is 14.5. The van der Waals surface area contributed by atoms with Crippen LogP contribution in [-0.2, 0) is 9.47 Å². The van der Waals surface area contributed by atoms with Crippen LogP contribution in [0, 0.1) is 0 Å². The van der Waals surface area contributed by atoms with E-state index in [-0.39, 0.29) is 5.60 Å². The summed E-state index contributed by atoms with van der Waals surface area (Å²) in [6.45, 7) is 2.53. The van der Waals surface area contributed by atoms with Gasteiger partial charge in [0, 0.05) is 25.9 Å². The molecule has 25 heavy (non-hydrogen) atoms. The molecule has 3 aliphatic rings. The Kier molecular flexibility index (Phi) is 3.89. The van der Waals surface area contributed by atoms with Gasteiger partial charge < -0.3 is 14.8 Å². The maximum Gasteiger partial charge on any atom is 0.0741 e. The molecule has 2 aromatic rings. The lowest BCUT2D eigenvalue weighted by atomic mass is 9.83. The molecule has 3 nitrogen and oxygen atoms in total. The largest absolute Gasteiger partial charge is 0.381 e. The summed E-state index contributed by atoms with van der Waals surface area (Å²) in [7, 11) is 0. The van der Waals surface area contributed by atoms with Gasteiger partial charge in [-0.25, -0.2) is 0 Å². The first-order valence-corrected chi connectivity index (χ1v) is 9.51. The van der Waals surface area contributed by atoms with Crippen molar-refractivity contribution in [3.8, 4) is 11.1 Å². The van der Waals surface area contributed by atoms with Gasteiger partial charge in [0.2, 0.25) is 0 Å². The van der Waals surface area contributed by atoms with Gasteiger partial charge in [-0.3, -0.25) is 0 Å². The molecule has 0 radical (unpaired) electrons. The van der Waals surface area contributed by atoms with E-state index in [1.807, 2.05) is 0 Å². The normalized spacial score (nSPS) is 24.9. The highest BCUT2D eigenvalue weighted by Gasteiger charge is 2.40. The molecule has 0 bridgehead atoms. The zero-order valence-electron chi connectivity index (χ0n) is 14.5. The maximum atomic E-state index is 6.22. The lowest BCUT2D eigenvalue weighted by Gasteiger charge is -2.44. The van der Waals surface area contributed by atoms with Crippen LogP contribution in [0.25, 0.3) is 11.1 Å². The molecule has 0 saturated carbocycles. The third-order valence-corrected chi connectivity index (χ3v) is 6.13. The van der Waals surface area contributed by atoms with Crippen LogP contribution in [0.4, 0.5) is 0 Å². The number of rotatable bonds is 2. The fraction of sp³-hybridized carbons (Fsp3) is 0.455. The SMILES string of the molecule is c1ccc2c(c1)-c1ccccc1C2NC1CCOC2(CCOCC2)C1. The maximum absolute atomic E-state index is 6.22. The number of hydrogen-bond donors (Lipinski definition) is 1. The first-order chi connectivity index (χ1) is 12.3. The van der Waals surface area contributed by atoms with Gasteiger partial charge in [0.05, 0.1) is 11.6 Å². The van der Waals surface area contributed by atoms with Crippen molar-refractivity contribution in [2.45, 2.75) is 43.4 Å². The number of nitrogens with one attached hydrogen (secondary N) is 1. The molecule has 1 aliphatic carbocycles. The second-order valence-corrected chi connectivity index (χ2v) is 7.61. The van der Waals surface area contributed by atoms with E-state index in [9.17, 15) is 0 Å². The van der Waals surface area contributed by atoms with Gasteiger partial charge in [-0.05, 0) is 47.9 Å². The molecule has 2 saturated heterocycles. The number of fused-ring (bicyclic) bond motifs is 3. The third-order valence-electron chi connectivity index (χ3n) is 6.13. The van der Waals surface area contributed by atoms with E-state index in [4.69, 9.17) is 9.47 Å². The summed E-state index contributed by atoms with van der Waals surface area (Å²) < 4.78 is 11.8. The van der Waals surface area contributed by atoms with Crippen molar-refractivity contribution in [3.05, 3.63) is 59.7 Å². The van der Waals surface area contributed by atoms with Crippen LogP contribution in [0.3, 0.4) is 0 Å². The Bertz CT molecular complexity index is 715. The molecule has 1 unspecified atom stereocenters. The van der Waals surface area contributed by atoms with Crippen LogP contribution in [0.5, 0.6) is 0 Å². The molecule has 0 amide bonds. The van der Waals surface area contributed by atoms with Gasteiger partial charge in [-0.1, -0.05) is 48.5 Å². The molecule has 2 fully saturated rings. The van der Waals surface area contributed by atoms with Gasteiger partial charge in [0.1, 0.15) is 0 Å². The zero-order chi connectivity index (χ0) is 16.7. The van der Waals surface area contributed by atoms with Gasteiger partial charge in [-0.15, -0.1) is 0 Å². The van der Waals surface area contributed by atoms with Crippen molar-refractivity contribution in [2.24, 2.45) is 0 Å². The van der Waals surface area contributed by atoms with Crippen molar-refractivity contribution < 1.29 is 9.47 Å². The smallest absolute Gasteiger partial charge is 0.0741 e. The first kappa shape index (κ1) is 15.6. The average molecular weight is 335 g/mol. The third kappa shape index (κ3) is 2.71. The number of benzene rings is 2. The Morgan fingerprint density at radius 3 is 2.16 bits per heavy atom. The van der Waals surface area contributed by atoms with Gasteiger partial charge in [0.15, 0.2) is 0 Å². The highest BCUT2D eigenvalue weighted by molar-refractivity contribution is 5.78. The molecule has 1 spiro atoms. The van der Waals surface area contributed by atoms with Crippen LogP contribution in [0.1, 0.15) is 42.9 Å². The predicted molar refractivity (Wildman–Crippen MR) is 98.6 cm³/mol. The minimum Gasteiger partial charge on any atom is -0.381 e. The summed E-state index contributed by atoms with van der Waals surface area (Å²) in [5, 5.41) is 3.98. The Hall–Kier alpha value is -1.68. The van der Waals surface area contributed by atoms with Gasteiger partial charge in [-0.2, -0.15) is 0 Å². The summed E-state index contributed by atoms with van der Waals surface area (Å²) in [5.74, 6) is 0. The van der Waals surface area contributed by atoms with E-state index in [1.54, 1.807) is 0 Å². The fourth-order valence-corrected chi connectivity index (χ4v) is 4.83. The summed E-state index contributed by atoms with van der Waals surface area (Å²) >= 11 is 0. The topological polar surface area (TPSA) is 30.5 Å². The van der Waals surface area contributed by atoms with E-state index in [0.717, 1.165) is 45.5 Å². The van der Waals surface area contributed by atoms with E-state index in [0.29, 0.717) is 12.1 Å². The minimum atomic E-state index is 0.0335. The summed E-state index contributed by atoms with van der Waals surface area (Å²) in [5.41, 5.74) is 5.62. The molecule has 2 heterocycles. The summed E-state index contributed by atoms with van der Waals surface area (Å²) in [6.07, 6.45) is 4.24. The highest BCUT2D eigenvalue weighted by Crippen LogP contribution is 2.44. The fourth-order valence-electron chi connectivity index (χ4n) is 4.83. The summed E-state index contributed by atoms with van der Waals surface area (Å²) in [4.78, 5) is 0. The molecule has 130 valence electrons.